The molecule has 0 unspecified atom stereocenters. The lowest BCUT2D eigenvalue weighted by atomic mass is 10.0. The molecule has 18 heavy (non-hydrogen) atoms. The SMILES string of the molecule is [N-]=[N+]=NCc1cc(CCNC(=O)O)ccc1CN. The van der Waals surface area contributed by atoms with Crippen molar-refractivity contribution in [3.8, 4) is 0 Å². The first-order chi connectivity index (χ1) is 8.67. The van der Waals surface area contributed by atoms with Crippen molar-refractivity contribution in [2.24, 2.45) is 10.8 Å². The molecule has 7 nitrogen and oxygen atoms in total. The summed E-state index contributed by atoms with van der Waals surface area (Å²) in [5, 5.41) is 14.3. The molecule has 0 spiro atoms. The molecule has 0 bridgehead atoms. The minimum atomic E-state index is -1.04. The number of nitrogens with two attached hydrogens (primary N) is 1. The van der Waals surface area contributed by atoms with Gasteiger partial charge >= 0.3 is 6.09 Å². The summed E-state index contributed by atoms with van der Waals surface area (Å²) in [6, 6.07) is 5.66. The Morgan fingerprint density at radius 1 is 1.50 bits per heavy atom. The molecule has 1 aromatic carbocycles. The lowest BCUT2D eigenvalue weighted by molar-refractivity contribution is 0.194. The standard InChI is InChI=1S/C11H15N5O2/c12-6-9-2-1-8(3-4-14-11(17)18)5-10(9)7-15-16-13/h1-2,5,14H,3-4,6-7,12H2,(H,17,18). The van der Waals surface area contributed by atoms with E-state index in [1.165, 1.54) is 0 Å². The number of azide groups is 1. The molecule has 0 aliphatic rings. The summed E-state index contributed by atoms with van der Waals surface area (Å²) in [7, 11) is 0. The van der Waals surface area contributed by atoms with Crippen LogP contribution in [0, 0.1) is 0 Å². The maximum Gasteiger partial charge on any atom is 0.404 e. The Morgan fingerprint density at radius 3 is 2.89 bits per heavy atom. The third-order valence-corrected chi connectivity index (χ3v) is 2.48. The molecule has 4 N–H and O–H groups in total. The molecular weight excluding hydrogens is 234 g/mol. The van der Waals surface area contributed by atoms with Gasteiger partial charge in [-0.3, -0.25) is 0 Å². The summed E-state index contributed by atoms with van der Waals surface area (Å²) in [4.78, 5) is 13.0. The minimum Gasteiger partial charge on any atom is -0.465 e. The minimum absolute atomic E-state index is 0.253. The predicted molar refractivity (Wildman–Crippen MR) is 66.9 cm³/mol. The number of carboxylic acid groups (broad SMARTS) is 1. The maximum absolute atomic E-state index is 10.3. The lowest BCUT2D eigenvalue weighted by Gasteiger charge is -2.08. The van der Waals surface area contributed by atoms with E-state index in [1.807, 2.05) is 18.2 Å². The molecule has 1 amide bonds. The molecule has 0 saturated heterocycles. The molecule has 7 heteroatoms. The van der Waals surface area contributed by atoms with Crippen LogP contribution in [0.2, 0.25) is 0 Å². The molecule has 0 saturated carbocycles. The molecule has 0 fully saturated rings. The Balaban J connectivity index is 2.75. The van der Waals surface area contributed by atoms with Gasteiger partial charge < -0.3 is 16.2 Å². The molecular formula is C11H15N5O2. The van der Waals surface area contributed by atoms with Gasteiger partial charge in [-0.1, -0.05) is 23.3 Å². The molecule has 0 atom stereocenters. The van der Waals surface area contributed by atoms with E-state index in [4.69, 9.17) is 16.4 Å². The van der Waals surface area contributed by atoms with E-state index in [0.29, 0.717) is 19.5 Å². The summed E-state index contributed by atoms with van der Waals surface area (Å²) >= 11 is 0. The second-order valence-corrected chi connectivity index (χ2v) is 3.68. The van der Waals surface area contributed by atoms with Crippen molar-refractivity contribution < 1.29 is 9.90 Å². The number of hydrogen-bond donors (Lipinski definition) is 3. The van der Waals surface area contributed by atoms with Crippen LogP contribution >= 0.6 is 0 Å². The van der Waals surface area contributed by atoms with Crippen molar-refractivity contribution in [2.75, 3.05) is 6.54 Å². The molecule has 0 aliphatic carbocycles. The average Bonchev–Trinajstić information content (AvgIpc) is 2.36. The smallest absolute Gasteiger partial charge is 0.404 e. The Hall–Kier alpha value is -2.24. The summed E-state index contributed by atoms with van der Waals surface area (Å²) < 4.78 is 0. The second-order valence-electron chi connectivity index (χ2n) is 3.68. The van der Waals surface area contributed by atoms with Gasteiger partial charge in [0.25, 0.3) is 0 Å². The lowest BCUT2D eigenvalue weighted by Crippen LogP contribution is -2.23. The fraction of sp³-hybridized carbons (Fsp3) is 0.364. The summed E-state index contributed by atoms with van der Waals surface area (Å²) in [6.45, 7) is 0.978. The van der Waals surface area contributed by atoms with E-state index in [9.17, 15) is 4.79 Å². The van der Waals surface area contributed by atoms with Gasteiger partial charge in [0.2, 0.25) is 0 Å². The van der Waals surface area contributed by atoms with Crippen LogP contribution in [-0.4, -0.2) is 17.7 Å². The van der Waals surface area contributed by atoms with Crippen molar-refractivity contribution >= 4 is 6.09 Å². The summed E-state index contributed by atoms with van der Waals surface area (Å²) in [5.41, 5.74) is 16.7. The van der Waals surface area contributed by atoms with Crippen molar-refractivity contribution in [1.82, 2.24) is 5.32 Å². The highest BCUT2D eigenvalue weighted by molar-refractivity contribution is 5.64. The molecule has 96 valence electrons. The zero-order valence-electron chi connectivity index (χ0n) is 9.83. The Morgan fingerprint density at radius 2 is 2.28 bits per heavy atom. The Bertz CT molecular complexity index is 469. The first-order valence-electron chi connectivity index (χ1n) is 5.45. The van der Waals surface area contributed by atoms with E-state index in [-0.39, 0.29) is 6.54 Å². The number of carbonyl (C=O) groups is 1. The van der Waals surface area contributed by atoms with Crippen LogP contribution in [0.15, 0.2) is 23.3 Å². The quantitative estimate of drug-likeness (QED) is 0.404. The van der Waals surface area contributed by atoms with Gasteiger partial charge in [-0.05, 0) is 28.6 Å². The molecule has 0 aromatic heterocycles. The van der Waals surface area contributed by atoms with Gasteiger partial charge in [-0.15, -0.1) is 0 Å². The van der Waals surface area contributed by atoms with Crippen LogP contribution in [0.1, 0.15) is 16.7 Å². The van der Waals surface area contributed by atoms with E-state index in [2.05, 4.69) is 15.3 Å². The second kappa shape index (κ2) is 7.16. The first-order valence-corrected chi connectivity index (χ1v) is 5.45. The predicted octanol–water partition coefficient (Wildman–Crippen LogP) is 1.77. The van der Waals surface area contributed by atoms with Gasteiger partial charge in [-0.2, -0.15) is 0 Å². The number of nitrogens with one attached hydrogen (secondary N) is 1. The van der Waals surface area contributed by atoms with Crippen LogP contribution in [0.3, 0.4) is 0 Å². The zero-order valence-corrected chi connectivity index (χ0v) is 9.83. The van der Waals surface area contributed by atoms with E-state index in [1.54, 1.807) is 0 Å². The monoisotopic (exact) mass is 249 g/mol. The number of nitrogens with zero attached hydrogens (tertiary/aromatic N) is 3. The van der Waals surface area contributed by atoms with Crippen molar-refractivity contribution in [1.29, 1.82) is 0 Å². The van der Waals surface area contributed by atoms with Crippen LogP contribution in [-0.2, 0) is 19.5 Å². The van der Waals surface area contributed by atoms with Crippen molar-refractivity contribution in [2.45, 2.75) is 19.5 Å². The summed E-state index contributed by atoms with van der Waals surface area (Å²) in [6.07, 6.45) is -0.455. The van der Waals surface area contributed by atoms with E-state index < -0.39 is 6.09 Å². The zero-order chi connectivity index (χ0) is 13.4. The van der Waals surface area contributed by atoms with Crippen molar-refractivity contribution in [3.63, 3.8) is 0 Å². The first kappa shape index (κ1) is 13.8. The number of rotatable bonds is 6. The van der Waals surface area contributed by atoms with Crippen LogP contribution in [0.4, 0.5) is 4.79 Å². The maximum atomic E-state index is 10.3. The van der Waals surface area contributed by atoms with Crippen molar-refractivity contribution in [3.05, 3.63) is 45.3 Å². The number of hydrogen-bond acceptors (Lipinski definition) is 3. The molecule has 0 aliphatic heterocycles. The summed E-state index contributed by atoms with van der Waals surface area (Å²) in [5.74, 6) is 0. The highest BCUT2D eigenvalue weighted by atomic mass is 16.4. The topological polar surface area (TPSA) is 124 Å². The van der Waals surface area contributed by atoms with E-state index in [0.717, 1.165) is 16.7 Å². The third kappa shape index (κ3) is 4.32. The number of amides is 1. The van der Waals surface area contributed by atoms with Gasteiger partial charge in [0.1, 0.15) is 0 Å². The van der Waals surface area contributed by atoms with Gasteiger partial charge in [0.05, 0.1) is 6.54 Å². The Labute approximate surface area is 104 Å². The highest BCUT2D eigenvalue weighted by Gasteiger charge is 2.03. The number of benzene rings is 1. The van der Waals surface area contributed by atoms with Gasteiger partial charge in [-0.25, -0.2) is 4.79 Å². The Kier molecular flexibility index (Phi) is 5.50. The van der Waals surface area contributed by atoms with Crippen LogP contribution < -0.4 is 11.1 Å². The molecule has 1 aromatic rings. The third-order valence-electron chi connectivity index (χ3n) is 2.48. The fourth-order valence-corrected chi connectivity index (χ4v) is 1.60. The highest BCUT2D eigenvalue weighted by Crippen LogP contribution is 2.13. The largest absolute Gasteiger partial charge is 0.465 e. The van der Waals surface area contributed by atoms with Gasteiger partial charge in [0, 0.05) is 18.0 Å². The fourth-order valence-electron chi connectivity index (χ4n) is 1.60. The van der Waals surface area contributed by atoms with Crippen LogP contribution in [0.5, 0.6) is 0 Å². The molecule has 1 rings (SSSR count). The normalized spacial score (nSPS) is 9.61. The molecule has 0 heterocycles. The van der Waals surface area contributed by atoms with Gasteiger partial charge in [0.15, 0.2) is 0 Å². The van der Waals surface area contributed by atoms with Crippen LogP contribution in [0.25, 0.3) is 10.4 Å². The average molecular weight is 249 g/mol. The molecule has 0 radical (unpaired) electrons. The van der Waals surface area contributed by atoms with E-state index >= 15 is 0 Å².